The van der Waals surface area contributed by atoms with Crippen LogP contribution >= 0.6 is 11.5 Å². The molecule has 0 saturated carbocycles. The van der Waals surface area contributed by atoms with E-state index in [0.717, 1.165) is 29.9 Å². The second kappa shape index (κ2) is 9.45. The highest BCUT2D eigenvalue weighted by Crippen LogP contribution is 2.32. The van der Waals surface area contributed by atoms with Gasteiger partial charge in [0.2, 0.25) is 0 Å². The number of aromatic nitrogens is 2. The standard InChI is InChI=1S/C21H28N4O3S/c1-5-25(21(27)19-14(4)23-24-29-19)17-10-11-28-18(12-17)15-6-8-16(9-7-15)20(26)22-13(2)3/h6-9,13,17-18H,5,10-12H2,1-4H3,(H,22,26)/t17-,18+/m1/s1. The molecular formula is C21H28N4O3S. The average Bonchev–Trinajstić information content (AvgIpc) is 3.14. The van der Waals surface area contributed by atoms with E-state index in [1.54, 1.807) is 0 Å². The lowest BCUT2D eigenvalue weighted by Gasteiger charge is -2.37. The number of nitrogens with one attached hydrogen (secondary N) is 1. The van der Waals surface area contributed by atoms with Crippen molar-refractivity contribution < 1.29 is 14.3 Å². The van der Waals surface area contributed by atoms with Gasteiger partial charge in [-0.15, -0.1) is 5.10 Å². The van der Waals surface area contributed by atoms with Gasteiger partial charge in [0.05, 0.1) is 11.8 Å². The molecule has 1 aromatic carbocycles. The molecule has 3 rings (SSSR count). The van der Waals surface area contributed by atoms with Gasteiger partial charge >= 0.3 is 0 Å². The lowest BCUT2D eigenvalue weighted by Crippen LogP contribution is -2.43. The largest absolute Gasteiger partial charge is 0.373 e. The van der Waals surface area contributed by atoms with Crippen LogP contribution in [0, 0.1) is 6.92 Å². The van der Waals surface area contributed by atoms with Crippen LogP contribution < -0.4 is 5.32 Å². The summed E-state index contributed by atoms with van der Waals surface area (Å²) in [6.45, 7) is 8.90. The Bertz CT molecular complexity index is 850. The van der Waals surface area contributed by atoms with E-state index in [-0.39, 0.29) is 30.0 Å². The van der Waals surface area contributed by atoms with Crippen molar-refractivity contribution in [2.75, 3.05) is 13.2 Å². The summed E-state index contributed by atoms with van der Waals surface area (Å²) in [4.78, 5) is 27.6. The molecule has 156 valence electrons. The van der Waals surface area contributed by atoms with Gasteiger partial charge in [-0.2, -0.15) is 0 Å². The third-order valence-electron chi connectivity index (χ3n) is 5.11. The van der Waals surface area contributed by atoms with Crippen molar-refractivity contribution in [2.24, 2.45) is 0 Å². The molecule has 1 saturated heterocycles. The molecule has 1 aliphatic heterocycles. The predicted molar refractivity (Wildman–Crippen MR) is 112 cm³/mol. The van der Waals surface area contributed by atoms with Gasteiger partial charge in [0.1, 0.15) is 4.88 Å². The summed E-state index contributed by atoms with van der Waals surface area (Å²) in [6, 6.07) is 7.73. The van der Waals surface area contributed by atoms with Crippen LogP contribution in [-0.4, -0.2) is 51.5 Å². The smallest absolute Gasteiger partial charge is 0.267 e. The molecule has 1 N–H and O–H groups in total. The van der Waals surface area contributed by atoms with E-state index in [2.05, 4.69) is 14.9 Å². The highest BCUT2D eigenvalue weighted by molar-refractivity contribution is 7.07. The van der Waals surface area contributed by atoms with Gasteiger partial charge < -0.3 is 15.0 Å². The van der Waals surface area contributed by atoms with E-state index in [1.165, 1.54) is 0 Å². The minimum absolute atomic E-state index is 0.00801. The Hall–Kier alpha value is -2.32. The van der Waals surface area contributed by atoms with Crippen molar-refractivity contribution in [3.8, 4) is 0 Å². The Balaban J connectivity index is 1.70. The van der Waals surface area contributed by atoms with Crippen LogP contribution in [0.25, 0.3) is 0 Å². The van der Waals surface area contributed by atoms with Gasteiger partial charge in [-0.05, 0) is 69.8 Å². The molecule has 7 nitrogen and oxygen atoms in total. The van der Waals surface area contributed by atoms with E-state index in [1.807, 2.05) is 56.9 Å². The first-order valence-corrected chi connectivity index (χ1v) is 10.8. The summed E-state index contributed by atoms with van der Waals surface area (Å²) in [6.07, 6.45) is 1.43. The number of amides is 2. The Morgan fingerprint density at radius 1 is 1.31 bits per heavy atom. The second-order valence-electron chi connectivity index (χ2n) is 7.57. The first-order chi connectivity index (χ1) is 13.9. The number of benzene rings is 1. The lowest BCUT2D eigenvalue weighted by atomic mass is 9.95. The molecule has 8 heteroatoms. The van der Waals surface area contributed by atoms with E-state index in [4.69, 9.17) is 4.74 Å². The monoisotopic (exact) mass is 416 g/mol. The molecule has 1 aromatic heterocycles. The fraction of sp³-hybridized carbons (Fsp3) is 0.524. The van der Waals surface area contributed by atoms with Crippen molar-refractivity contribution in [1.29, 1.82) is 0 Å². The maximum absolute atomic E-state index is 13.0. The van der Waals surface area contributed by atoms with E-state index < -0.39 is 0 Å². The number of hydrogen-bond acceptors (Lipinski definition) is 6. The normalized spacial score (nSPS) is 19.2. The van der Waals surface area contributed by atoms with Crippen molar-refractivity contribution >= 4 is 23.3 Å². The number of rotatable bonds is 6. The SMILES string of the molecule is CCN(C(=O)c1snnc1C)[C@@H]1CCO[C@H](c2ccc(C(=O)NC(C)C)cc2)C1. The van der Waals surface area contributed by atoms with Gasteiger partial charge in [0, 0.05) is 30.8 Å². The third kappa shape index (κ3) is 5.00. The second-order valence-corrected chi connectivity index (χ2v) is 8.32. The van der Waals surface area contributed by atoms with Gasteiger partial charge in [-0.3, -0.25) is 9.59 Å². The van der Waals surface area contributed by atoms with Crippen LogP contribution in [0.1, 0.15) is 71.0 Å². The fourth-order valence-electron chi connectivity index (χ4n) is 3.62. The molecule has 0 bridgehead atoms. The van der Waals surface area contributed by atoms with Crippen molar-refractivity contribution in [3.63, 3.8) is 0 Å². The number of hydrogen-bond donors (Lipinski definition) is 1. The predicted octanol–water partition coefficient (Wildman–Crippen LogP) is 3.37. The molecule has 2 heterocycles. The van der Waals surface area contributed by atoms with E-state index >= 15 is 0 Å². The molecule has 2 atom stereocenters. The summed E-state index contributed by atoms with van der Waals surface area (Å²) >= 11 is 1.15. The van der Waals surface area contributed by atoms with Crippen molar-refractivity contribution in [1.82, 2.24) is 19.8 Å². The summed E-state index contributed by atoms with van der Waals surface area (Å²) in [7, 11) is 0. The van der Waals surface area contributed by atoms with Crippen LogP contribution in [0.2, 0.25) is 0 Å². The van der Waals surface area contributed by atoms with Crippen LogP contribution in [0.3, 0.4) is 0 Å². The number of carbonyl (C=O) groups is 2. The minimum atomic E-state index is -0.0986. The molecular weight excluding hydrogens is 388 g/mol. The van der Waals surface area contributed by atoms with E-state index in [0.29, 0.717) is 29.3 Å². The summed E-state index contributed by atoms with van der Waals surface area (Å²) < 4.78 is 9.88. The molecule has 0 spiro atoms. The Labute approximate surface area is 175 Å². The molecule has 0 unspecified atom stereocenters. The van der Waals surface area contributed by atoms with Crippen LogP contribution in [0.5, 0.6) is 0 Å². The van der Waals surface area contributed by atoms with Crippen LogP contribution in [0.4, 0.5) is 0 Å². The molecule has 2 aromatic rings. The fourth-order valence-corrected chi connectivity index (χ4v) is 4.23. The highest BCUT2D eigenvalue weighted by Gasteiger charge is 2.32. The van der Waals surface area contributed by atoms with Crippen molar-refractivity contribution in [2.45, 2.75) is 58.7 Å². The summed E-state index contributed by atoms with van der Waals surface area (Å²) in [5, 5.41) is 6.86. The Morgan fingerprint density at radius 3 is 2.62 bits per heavy atom. The lowest BCUT2D eigenvalue weighted by molar-refractivity contribution is -0.0231. The Morgan fingerprint density at radius 2 is 2.03 bits per heavy atom. The number of carbonyl (C=O) groups excluding carboxylic acids is 2. The molecule has 1 fully saturated rings. The molecule has 0 aliphatic carbocycles. The quantitative estimate of drug-likeness (QED) is 0.780. The number of nitrogens with zero attached hydrogens (tertiary/aromatic N) is 3. The van der Waals surface area contributed by atoms with Crippen LogP contribution in [0.15, 0.2) is 24.3 Å². The number of aryl methyl sites for hydroxylation is 1. The van der Waals surface area contributed by atoms with E-state index in [9.17, 15) is 9.59 Å². The molecule has 1 aliphatic rings. The van der Waals surface area contributed by atoms with Crippen LogP contribution in [-0.2, 0) is 4.74 Å². The van der Waals surface area contributed by atoms with Crippen molar-refractivity contribution in [3.05, 3.63) is 46.0 Å². The topological polar surface area (TPSA) is 84.4 Å². The average molecular weight is 417 g/mol. The highest BCUT2D eigenvalue weighted by atomic mass is 32.1. The molecule has 29 heavy (non-hydrogen) atoms. The third-order valence-corrected chi connectivity index (χ3v) is 5.92. The zero-order chi connectivity index (χ0) is 21.0. The van der Waals surface area contributed by atoms with Gasteiger partial charge in [0.25, 0.3) is 11.8 Å². The van der Waals surface area contributed by atoms with Gasteiger partial charge in [-0.1, -0.05) is 16.6 Å². The number of ether oxygens (including phenoxy) is 1. The Kier molecular flexibility index (Phi) is 6.97. The minimum Gasteiger partial charge on any atom is -0.373 e. The molecule has 2 amide bonds. The maximum atomic E-state index is 13.0. The zero-order valence-corrected chi connectivity index (χ0v) is 18.2. The first kappa shape index (κ1) is 21.4. The molecule has 0 radical (unpaired) electrons. The summed E-state index contributed by atoms with van der Waals surface area (Å²) in [5.41, 5.74) is 2.33. The zero-order valence-electron chi connectivity index (χ0n) is 17.3. The maximum Gasteiger partial charge on any atom is 0.267 e. The first-order valence-electron chi connectivity index (χ1n) is 10.0. The van der Waals surface area contributed by atoms with Gasteiger partial charge in [0.15, 0.2) is 0 Å². The van der Waals surface area contributed by atoms with Gasteiger partial charge in [-0.25, -0.2) is 0 Å². The summed E-state index contributed by atoms with van der Waals surface area (Å²) in [5.74, 6) is -0.0864.